The molecule has 0 spiro atoms. The summed E-state index contributed by atoms with van der Waals surface area (Å²) in [5.41, 5.74) is 22.2. The first kappa shape index (κ1) is 39.1. The van der Waals surface area contributed by atoms with E-state index < -0.39 is 0 Å². The maximum absolute atomic E-state index is 5.47. The van der Waals surface area contributed by atoms with E-state index in [-0.39, 0.29) is 0 Å². The monoisotopic (exact) mass is 828 g/mol. The van der Waals surface area contributed by atoms with Gasteiger partial charge in [0, 0.05) is 28.6 Å². The van der Waals surface area contributed by atoms with Gasteiger partial charge < -0.3 is 4.57 Å². The van der Waals surface area contributed by atoms with Crippen LogP contribution >= 0.6 is 0 Å². The maximum atomic E-state index is 5.47. The number of hydrogen-bond acceptors (Lipinski definition) is 1. The van der Waals surface area contributed by atoms with Gasteiger partial charge in [-0.15, -0.1) is 0 Å². The van der Waals surface area contributed by atoms with Gasteiger partial charge in [-0.3, -0.25) is 4.99 Å². The minimum atomic E-state index is 0.312. The molecule has 0 radical (unpaired) electrons. The third-order valence-electron chi connectivity index (χ3n) is 15.2. The van der Waals surface area contributed by atoms with Crippen molar-refractivity contribution in [1.82, 2.24) is 4.57 Å². The van der Waals surface area contributed by atoms with Crippen molar-refractivity contribution in [3.63, 3.8) is 0 Å². The van der Waals surface area contributed by atoms with Crippen molar-refractivity contribution in [2.45, 2.75) is 88.5 Å². The number of fused-ring (bicyclic) bond motifs is 5. The van der Waals surface area contributed by atoms with Crippen molar-refractivity contribution < 1.29 is 0 Å². The smallest absolute Gasteiger partial charge is 0.0649 e. The van der Waals surface area contributed by atoms with Crippen LogP contribution < -0.4 is 0 Å². The molecule has 2 heterocycles. The Morgan fingerprint density at radius 1 is 0.656 bits per heavy atom. The third kappa shape index (κ3) is 7.28. The van der Waals surface area contributed by atoms with Crippen LogP contribution in [0.5, 0.6) is 0 Å². The van der Waals surface area contributed by atoms with Crippen molar-refractivity contribution in [2.24, 2.45) is 10.9 Å². The highest BCUT2D eigenvalue weighted by Gasteiger charge is 2.34. The second-order valence-electron chi connectivity index (χ2n) is 19.0. The van der Waals surface area contributed by atoms with Crippen molar-refractivity contribution >= 4 is 33.8 Å². The van der Waals surface area contributed by atoms with Crippen LogP contribution in [-0.4, -0.2) is 16.3 Å². The van der Waals surface area contributed by atoms with E-state index in [0.29, 0.717) is 23.8 Å². The topological polar surface area (TPSA) is 17.3 Å². The van der Waals surface area contributed by atoms with E-state index in [1.165, 1.54) is 90.9 Å². The summed E-state index contributed by atoms with van der Waals surface area (Å²) in [7, 11) is 0. The maximum Gasteiger partial charge on any atom is 0.0649 e. The molecule has 5 aromatic carbocycles. The molecule has 0 saturated carbocycles. The summed E-state index contributed by atoms with van der Waals surface area (Å²) >= 11 is 0. The van der Waals surface area contributed by atoms with Gasteiger partial charge in [0.1, 0.15) is 0 Å². The van der Waals surface area contributed by atoms with Crippen LogP contribution in [0.1, 0.15) is 115 Å². The first-order chi connectivity index (χ1) is 31.7. The van der Waals surface area contributed by atoms with Crippen LogP contribution in [0.3, 0.4) is 0 Å². The van der Waals surface area contributed by atoms with Crippen LogP contribution in [0, 0.1) is 5.92 Å². The van der Waals surface area contributed by atoms with E-state index in [9.17, 15) is 0 Å². The highest BCUT2D eigenvalue weighted by Crippen LogP contribution is 2.52. The SMILES string of the molecule is C1=CCCC(c2cc(-c3ccccc3)cc(-n3c4c(c5cc(C6C=CC7=C(C6)c6ccccc6C7CCC6CC(C7CC=CCC7)=CC(c7ccccc7)=N6)ccc53)CCC=C4)c2)=C1. The molecule has 4 atom stereocenters. The lowest BCUT2D eigenvalue weighted by Crippen LogP contribution is -2.21. The molecular weight excluding hydrogens is 773 g/mol. The van der Waals surface area contributed by atoms with Crippen molar-refractivity contribution in [2.75, 3.05) is 0 Å². The van der Waals surface area contributed by atoms with E-state index in [1.54, 1.807) is 16.7 Å². The summed E-state index contributed by atoms with van der Waals surface area (Å²) in [5.74, 6) is 1.39. The fraction of sp³-hybridized carbons (Fsp3) is 0.242. The molecule has 2 heteroatoms. The summed E-state index contributed by atoms with van der Waals surface area (Å²) < 4.78 is 2.55. The van der Waals surface area contributed by atoms with Crippen LogP contribution in [0.25, 0.3) is 44.9 Å². The van der Waals surface area contributed by atoms with Gasteiger partial charge in [0.15, 0.2) is 0 Å². The lowest BCUT2D eigenvalue weighted by Gasteiger charge is -2.29. The molecular formula is C62H56N2. The number of aromatic nitrogens is 1. The molecule has 12 rings (SSSR count). The number of aryl methyl sites for hydroxylation is 1. The number of dihydropyridines is 1. The fourth-order valence-electron chi connectivity index (χ4n) is 11.9. The molecule has 5 aliphatic carbocycles. The van der Waals surface area contributed by atoms with Gasteiger partial charge in [0.25, 0.3) is 0 Å². The zero-order valence-electron chi connectivity index (χ0n) is 36.8. The number of rotatable bonds is 9. The Morgan fingerprint density at radius 2 is 1.48 bits per heavy atom. The lowest BCUT2D eigenvalue weighted by atomic mass is 9.80. The van der Waals surface area contributed by atoms with E-state index in [2.05, 4.69) is 187 Å². The lowest BCUT2D eigenvalue weighted by molar-refractivity contribution is 0.484. The average Bonchev–Trinajstić information content (AvgIpc) is 3.88. The predicted molar refractivity (Wildman–Crippen MR) is 270 cm³/mol. The van der Waals surface area contributed by atoms with Gasteiger partial charge >= 0.3 is 0 Å². The molecule has 1 aromatic heterocycles. The van der Waals surface area contributed by atoms with E-state index in [4.69, 9.17) is 4.99 Å². The van der Waals surface area contributed by atoms with E-state index >= 15 is 0 Å². The van der Waals surface area contributed by atoms with E-state index in [0.717, 1.165) is 57.8 Å². The minimum Gasteiger partial charge on any atom is -0.310 e. The normalized spacial score (nSPS) is 22.2. The Bertz CT molecular complexity index is 3030. The summed E-state index contributed by atoms with van der Waals surface area (Å²) in [6, 6.07) is 46.1. The minimum absolute atomic E-state index is 0.312. The molecule has 0 N–H and O–H groups in total. The summed E-state index contributed by atoms with van der Waals surface area (Å²) in [6.07, 6.45) is 36.1. The van der Waals surface area contributed by atoms with Crippen molar-refractivity contribution in [3.8, 4) is 16.8 Å². The molecule has 2 nitrogen and oxygen atoms in total. The molecule has 64 heavy (non-hydrogen) atoms. The number of hydrogen-bond donors (Lipinski definition) is 0. The van der Waals surface area contributed by atoms with Crippen LogP contribution in [0.2, 0.25) is 0 Å². The number of benzene rings is 5. The molecule has 0 amide bonds. The first-order valence-electron chi connectivity index (χ1n) is 24.1. The Balaban J connectivity index is 0.854. The quantitative estimate of drug-likeness (QED) is 0.129. The number of aliphatic imine (C=N–C) groups is 1. The number of allylic oxidation sites excluding steroid dienone is 12. The highest BCUT2D eigenvalue weighted by molar-refractivity contribution is 6.09. The summed E-state index contributed by atoms with van der Waals surface area (Å²) in [4.78, 5) is 5.47. The molecule has 6 aliphatic rings. The Labute approximate surface area is 379 Å². The molecule has 314 valence electrons. The largest absolute Gasteiger partial charge is 0.310 e. The summed E-state index contributed by atoms with van der Waals surface area (Å²) in [5, 5.41) is 1.40. The van der Waals surface area contributed by atoms with Gasteiger partial charge in [-0.25, -0.2) is 0 Å². The average molecular weight is 829 g/mol. The van der Waals surface area contributed by atoms with Crippen LogP contribution in [0.15, 0.2) is 192 Å². The third-order valence-corrected chi connectivity index (χ3v) is 15.2. The zero-order valence-corrected chi connectivity index (χ0v) is 36.8. The summed E-state index contributed by atoms with van der Waals surface area (Å²) in [6.45, 7) is 0. The van der Waals surface area contributed by atoms with Gasteiger partial charge in [0.2, 0.25) is 0 Å². The van der Waals surface area contributed by atoms with Gasteiger partial charge in [-0.1, -0.05) is 145 Å². The molecule has 1 aliphatic heterocycles. The highest BCUT2D eigenvalue weighted by atomic mass is 15.0. The number of nitrogens with zero attached hydrogens (tertiary/aromatic N) is 2. The molecule has 0 bridgehead atoms. The second kappa shape index (κ2) is 16.9. The standard InChI is InChI=1S/C62H56N2/c1-5-17-42(18-6-1)48-35-49(43-19-7-2-8-20-43)38-52(37-48)64-61-28-16-15-27-57(61)59-40-47(30-34-62(59)64)46-29-32-56-55(53-25-13-14-26-54(53)58(56)39-46)33-31-51-36-50(44-21-9-3-10-22-44)41-60(63-51)45-23-11-4-12-24-45/h1-7,9,11-14,16-19,23-26,28-30,32,34-35,37-38,40-41,44,46,51,55H,8,10,15,20-22,27,31,33,36,39H2. The van der Waals surface area contributed by atoms with Gasteiger partial charge in [-0.05, 0) is 180 Å². The van der Waals surface area contributed by atoms with E-state index in [1.807, 2.05) is 0 Å². The second-order valence-corrected chi connectivity index (χ2v) is 19.0. The Kier molecular flexibility index (Phi) is 10.3. The van der Waals surface area contributed by atoms with Crippen LogP contribution in [-0.2, 0) is 6.42 Å². The zero-order chi connectivity index (χ0) is 42.4. The molecule has 0 fully saturated rings. The van der Waals surface area contributed by atoms with Gasteiger partial charge in [0.05, 0.1) is 17.3 Å². The van der Waals surface area contributed by atoms with Gasteiger partial charge in [-0.2, -0.15) is 0 Å². The Hall–Kier alpha value is -6.51. The van der Waals surface area contributed by atoms with Crippen LogP contribution in [0.4, 0.5) is 0 Å². The first-order valence-corrected chi connectivity index (χ1v) is 24.1. The molecule has 6 aromatic rings. The van der Waals surface area contributed by atoms with Crippen molar-refractivity contribution in [3.05, 3.63) is 226 Å². The predicted octanol–water partition coefficient (Wildman–Crippen LogP) is 15.9. The van der Waals surface area contributed by atoms with Crippen molar-refractivity contribution in [1.29, 1.82) is 0 Å². The fourth-order valence-corrected chi connectivity index (χ4v) is 11.9. The Morgan fingerprint density at radius 3 is 2.33 bits per heavy atom. The molecule has 0 saturated heterocycles. The molecule has 4 unspecified atom stereocenters.